The lowest BCUT2D eigenvalue weighted by atomic mass is 10.1. The standard InChI is InChI=1S/C17H26N4/c1-4-21(11-7-10-20(2)3)13-14-12-16(18)15-8-5-6-9-17(15)19-14/h5-6,8-9,12H,4,7,10-11,13H2,1-3H3,(H2,18,19). The van der Waals surface area contributed by atoms with Gasteiger partial charge in [0.05, 0.1) is 11.2 Å². The Morgan fingerprint density at radius 3 is 2.62 bits per heavy atom. The van der Waals surface area contributed by atoms with E-state index >= 15 is 0 Å². The molecule has 0 bridgehead atoms. The number of nitrogens with zero attached hydrogens (tertiary/aromatic N) is 3. The van der Waals surface area contributed by atoms with Gasteiger partial charge in [-0.05, 0) is 52.3 Å². The zero-order valence-corrected chi connectivity index (χ0v) is 13.3. The number of hydrogen-bond acceptors (Lipinski definition) is 4. The molecule has 114 valence electrons. The lowest BCUT2D eigenvalue weighted by Crippen LogP contribution is -2.27. The number of nitrogens with two attached hydrogens (primary N) is 1. The van der Waals surface area contributed by atoms with Crippen molar-refractivity contribution in [1.29, 1.82) is 0 Å². The highest BCUT2D eigenvalue weighted by Crippen LogP contribution is 2.20. The Hall–Kier alpha value is -1.65. The lowest BCUT2D eigenvalue weighted by molar-refractivity contribution is 0.257. The van der Waals surface area contributed by atoms with Crippen molar-refractivity contribution in [2.75, 3.05) is 39.5 Å². The van der Waals surface area contributed by atoms with Crippen LogP contribution in [0.3, 0.4) is 0 Å². The SMILES string of the molecule is CCN(CCCN(C)C)Cc1cc(N)c2ccccc2n1. The highest BCUT2D eigenvalue weighted by molar-refractivity contribution is 5.90. The highest BCUT2D eigenvalue weighted by atomic mass is 15.1. The first-order chi connectivity index (χ1) is 10.1. The number of fused-ring (bicyclic) bond motifs is 1. The van der Waals surface area contributed by atoms with E-state index in [1.807, 2.05) is 30.3 Å². The van der Waals surface area contributed by atoms with Crippen LogP contribution in [0.2, 0.25) is 0 Å². The van der Waals surface area contributed by atoms with Gasteiger partial charge in [-0.2, -0.15) is 0 Å². The Balaban J connectivity index is 2.07. The molecule has 0 atom stereocenters. The number of rotatable bonds is 7. The first-order valence-corrected chi connectivity index (χ1v) is 7.61. The van der Waals surface area contributed by atoms with Crippen molar-refractivity contribution in [3.8, 4) is 0 Å². The highest BCUT2D eigenvalue weighted by Gasteiger charge is 2.08. The molecule has 0 saturated carbocycles. The van der Waals surface area contributed by atoms with Gasteiger partial charge in [0.2, 0.25) is 0 Å². The van der Waals surface area contributed by atoms with Crippen LogP contribution >= 0.6 is 0 Å². The smallest absolute Gasteiger partial charge is 0.0726 e. The number of nitrogen functional groups attached to an aromatic ring is 1. The average molecular weight is 286 g/mol. The van der Waals surface area contributed by atoms with E-state index in [2.05, 4.69) is 30.8 Å². The zero-order valence-electron chi connectivity index (χ0n) is 13.3. The third-order valence-corrected chi connectivity index (χ3v) is 3.71. The minimum absolute atomic E-state index is 0.819. The molecule has 21 heavy (non-hydrogen) atoms. The molecule has 1 aromatic heterocycles. The minimum Gasteiger partial charge on any atom is -0.398 e. The number of aromatic nitrogens is 1. The van der Waals surface area contributed by atoms with Gasteiger partial charge in [-0.25, -0.2) is 0 Å². The molecule has 1 heterocycles. The maximum atomic E-state index is 6.15. The predicted molar refractivity (Wildman–Crippen MR) is 90.3 cm³/mol. The monoisotopic (exact) mass is 286 g/mol. The van der Waals surface area contributed by atoms with Crippen LogP contribution in [-0.4, -0.2) is 48.5 Å². The third-order valence-electron chi connectivity index (χ3n) is 3.71. The van der Waals surface area contributed by atoms with Gasteiger partial charge in [-0.1, -0.05) is 25.1 Å². The Kier molecular flexibility index (Phi) is 5.53. The molecule has 2 aromatic rings. The largest absolute Gasteiger partial charge is 0.398 e. The van der Waals surface area contributed by atoms with Gasteiger partial charge in [0.25, 0.3) is 0 Å². The molecule has 0 aliphatic carbocycles. The summed E-state index contributed by atoms with van der Waals surface area (Å²) >= 11 is 0. The van der Waals surface area contributed by atoms with Gasteiger partial charge in [-0.3, -0.25) is 9.88 Å². The van der Waals surface area contributed by atoms with Gasteiger partial charge in [0.1, 0.15) is 0 Å². The topological polar surface area (TPSA) is 45.4 Å². The van der Waals surface area contributed by atoms with Crippen LogP contribution in [0.5, 0.6) is 0 Å². The van der Waals surface area contributed by atoms with Crippen molar-refractivity contribution in [2.24, 2.45) is 0 Å². The summed E-state index contributed by atoms with van der Waals surface area (Å²) in [6, 6.07) is 10.1. The first-order valence-electron chi connectivity index (χ1n) is 7.61. The second-order valence-corrected chi connectivity index (χ2v) is 5.75. The van der Waals surface area contributed by atoms with Gasteiger partial charge in [0, 0.05) is 17.6 Å². The van der Waals surface area contributed by atoms with Crippen molar-refractivity contribution in [2.45, 2.75) is 19.9 Å². The number of para-hydroxylation sites is 1. The fourth-order valence-electron chi connectivity index (χ4n) is 2.53. The Morgan fingerprint density at radius 1 is 1.14 bits per heavy atom. The molecule has 2 rings (SSSR count). The Morgan fingerprint density at radius 2 is 1.90 bits per heavy atom. The summed E-state index contributed by atoms with van der Waals surface area (Å²) in [5, 5.41) is 1.04. The first kappa shape index (κ1) is 15.7. The fraction of sp³-hybridized carbons (Fsp3) is 0.471. The lowest BCUT2D eigenvalue weighted by Gasteiger charge is -2.21. The van der Waals surface area contributed by atoms with Crippen LogP contribution < -0.4 is 5.73 Å². The van der Waals surface area contributed by atoms with Gasteiger partial charge < -0.3 is 10.6 Å². The molecule has 0 aliphatic heterocycles. The summed E-state index contributed by atoms with van der Waals surface area (Å²) < 4.78 is 0. The summed E-state index contributed by atoms with van der Waals surface area (Å²) in [6.07, 6.45) is 1.17. The van der Waals surface area contributed by atoms with Gasteiger partial charge in [-0.15, -0.1) is 0 Å². The van der Waals surface area contributed by atoms with E-state index in [1.54, 1.807) is 0 Å². The third kappa shape index (κ3) is 4.41. The molecular weight excluding hydrogens is 260 g/mol. The summed E-state index contributed by atoms with van der Waals surface area (Å²) in [6.45, 7) is 6.29. The second kappa shape index (κ2) is 7.38. The van der Waals surface area contributed by atoms with Crippen LogP contribution in [0.25, 0.3) is 10.9 Å². The van der Waals surface area contributed by atoms with Crippen LogP contribution in [0.15, 0.2) is 30.3 Å². The molecule has 0 radical (unpaired) electrons. The van der Waals surface area contributed by atoms with Crippen LogP contribution in [0.1, 0.15) is 19.0 Å². The average Bonchev–Trinajstić information content (AvgIpc) is 2.46. The normalized spacial score (nSPS) is 11.7. The van der Waals surface area contributed by atoms with E-state index in [-0.39, 0.29) is 0 Å². The minimum atomic E-state index is 0.819. The van der Waals surface area contributed by atoms with E-state index in [0.29, 0.717) is 0 Å². The molecule has 0 fully saturated rings. The number of hydrogen-bond donors (Lipinski definition) is 1. The van der Waals surface area contributed by atoms with Crippen LogP contribution in [0.4, 0.5) is 5.69 Å². The van der Waals surface area contributed by atoms with Crippen molar-refractivity contribution in [1.82, 2.24) is 14.8 Å². The van der Waals surface area contributed by atoms with Crippen LogP contribution in [0, 0.1) is 0 Å². The summed E-state index contributed by atoms with van der Waals surface area (Å²) in [7, 11) is 4.23. The Labute approximate surface area is 127 Å². The maximum absolute atomic E-state index is 6.15. The molecule has 0 spiro atoms. The fourth-order valence-corrected chi connectivity index (χ4v) is 2.53. The molecular formula is C17H26N4. The number of pyridine rings is 1. The van der Waals surface area contributed by atoms with Crippen molar-refractivity contribution >= 4 is 16.6 Å². The van der Waals surface area contributed by atoms with E-state index < -0.39 is 0 Å². The maximum Gasteiger partial charge on any atom is 0.0726 e. The Bertz CT molecular complexity index is 580. The van der Waals surface area contributed by atoms with E-state index in [1.165, 1.54) is 6.42 Å². The molecule has 0 saturated heterocycles. The van der Waals surface area contributed by atoms with E-state index in [9.17, 15) is 0 Å². The summed E-state index contributed by atoms with van der Waals surface area (Å²) in [5.41, 5.74) is 9.01. The molecule has 0 amide bonds. The second-order valence-electron chi connectivity index (χ2n) is 5.75. The quantitative estimate of drug-likeness (QED) is 0.850. The van der Waals surface area contributed by atoms with E-state index in [4.69, 9.17) is 10.7 Å². The molecule has 4 nitrogen and oxygen atoms in total. The van der Waals surface area contributed by atoms with Crippen molar-refractivity contribution in [3.05, 3.63) is 36.0 Å². The van der Waals surface area contributed by atoms with Gasteiger partial charge >= 0.3 is 0 Å². The van der Waals surface area contributed by atoms with Crippen LogP contribution in [-0.2, 0) is 6.54 Å². The summed E-state index contributed by atoms with van der Waals surface area (Å²) in [4.78, 5) is 9.37. The molecule has 0 unspecified atom stereocenters. The molecule has 0 aliphatic rings. The van der Waals surface area contributed by atoms with Gasteiger partial charge in [0.15, 0.2) is 0 Å². The number of benzene rings is 1. The molecule has 2 N–H and O–H groups in total. The van der Waals surface area contributed by atoms with Crippen molar-refractivity contribution < 1.29 is 0 Å². The molecule has 4 heteroatoms. The summed E-state index contributed by atoms with van der Waals surface area (Å²) in [5.74, 6) is 0. The van der Waals surface area contributed by atoms with E-state index in [0.717, 1.165) is 48.5 Å². The molecule has 1 aromatic carbocycles. The van der Waals surface area contributed by atoms with Crippen molar-refractivity contribution in [3.63, 3.8) is 0 Å². The predicted octanol–water partition coefficient (Wildman–Crippen LogP) is 2.59. The zero-order chi connectivity index (χ0) is 15.2. The number of anilines is 1.